The maximum atomic E-state index is 11.8. The number of rotatable bonds is 4. The Balaban J connectivity index is 2.46. The van der Waals surface area contributed by atoms with Gasteiger partial charge >= 0.3 is 12.0 Å². The summed E-state index contributed by atoms with van der Waals surface area (Å²) in [7, 11) is 0. The van der Waals surface area contributed by atoms with Gasteiger partial charge in [0.2, 0.25) is 0 Å². The van der Waals surface area contributed by atoms with Gasteiger partial charge in [-0.15, -0.1) is 6.58 Å². The van der Waals surface area contributed by atoms with Gasteiger partial charge in [-0.3, -0.25) is 4.79 Å². The minimum atomic E-state index is -0.818. The first-order chi connectivity index (χ1) is 8.04. The maximum Gasteiger partial charge on any atom is 0.317 e. The van der Waals surface area contributed by atoms with Gasteiger partial charge in [0, 0.05) is 19.1 Å². The monoisotopic (exact) mass is 240 g/mol. The number of hydrogen-bond donors (Lipinski definition) is 2. The van der Waals surface area contributed by atoms with E-state index in [4.69, 9.17) is 5.11 Å². The molecule has 0 saturated carbocycles. The second-order valence-corrected chi connectivity index (χ2v) is 4.50. The SMILES string of the molecule is C=CCC(C)NC(=O)N1CCC[C@@H](C(=O)O)C1. The Kier molecular flexibility index (Phi) is 5.00. The number of amides is 2. The molecule has 0 spiro atoms. The number of nitrogens with zero attached hydrogens (tertiary/aromatic N) is 1. The van der Waals surface area contributed by atoms with Crippen LogP contribution in [0.1, 0.15) is 26.2 Å². The van der Waals surface area contributed by atoms with E-state index in [0.717, 1.165) is 6.42 Å². The lowest BCUT2D eigenvalue weighted by atomic mass is 9.99. The highest BCUT2D eigenvalue weighted by Gasteiger charge is 2.28. The fourth-order valence-electron chi connectivity index (χ4n) is 1.97. The number of urea groups is 1. The van der Waals surface area contributed by atoms with Crippen LogP contribution in [0.25, 0.3) is 0 Å². The smallest absolute Gasteiger partial charge is 0.317 e. The summed E-state index contributed by atoms with van der Waals surface area (Å²) in [6, 6.07) is -0.143. The molecule has 1 heterocycles. The number of carboxylic acid groups (broad SMARTS) is 1. The summed E-state index contributed by atoms with van der Waals surface area (Å²) in [5, 5.41) is 11.8. The van der Waals surface area contributed by atoms with Crippen molar-refractivity contribution in [2.75, 3.05) is 13.1 Å². The zero-order valence-corrected chi connectivity index (χ0v) is 10.2. The average molecular weight is 240 g/mol. The van der Waals surface area contributed by atoms with Crippen molar-refractivity contribution in [3.63, 3.8) is 0 Å². The predicted octanol–water partition coefficient (Wildman–Crippen LogP) is 1.46. The molecule has 5 nitrogen and oxygen atoms in total. The van der Waals surface area contributed by atoms with Gasteiger partial charge in [-0.05, 0) is 26.2 Å². The maximum absolute atomic E-state index is 11.8. The van der Waals surface area contributed by atoms with E-state index in [9.17, 15) is 9.59 Å². The standard InChI is InChI=1S/C12H20N2O3/c1-3-5-9(2)13-12(17)14-7-4-6-10(8-14)11(15)16/h3,9-10H,1,4-8H2,2H3,(H,13,17)(H,15,16)/t9?,10-/m1/s1. The normalized spacial score (nSPS) is 21.7. The molecule has 0 bridgehead atoms. The zero-order valence-electron chi connectivity index (χ0n) is 10.2. The summed E-state index contributed by atoms with van der Waals surface area (Å²) in [6.07, 6.45) is 3.87. The number of carbonyl (C=O) groups excluding carboxylic acids is 1. The molecule has 1 aliphatic rings. The molecule has 2 N–H and O–H groups in total. The Morgan fingerprint density at radius 1 is 1.65 bits per heavy atom. The molecule has 0 aromatic rings. The van der Waals surface area contributed by atoms with Crippen molar-refractivity contribution in [1.82, 2.24) is 10.2 Å². The van der Waals surface area contributed by atoms with Gasteiger partial charge in [0.1, 0.15) is 0 Å². The van der Waals surface area contributed by atoms with Gasteiger partial charge in [-0.25, -0.2) is 4.79 Å². The van der Waals surface area contributed by atoms with Gasteiger partial charge in [-0.1, -0.05) is 6.08 Å². The van der Waals surface area contributed by atoms with Crippen LogP contribution in [0, 0.1) is 5.92 Å². The number of likely N-dealkylation sites (tertiary alicyclic amines) is 1. The zero-order chi connectivity index (χ0) is 12.8. The summed E-state index contributed by atoms with van der Waals surface area (Å²) in [5.41, 5.74) is 0. The van der Waals surface area contributed by atoms with Gasteiger partial charge < -0.3 is 15.3 Å². The van der Waals surface area contributed by atoms with Crippen LogP contribution in [0.5, 0.6) is 0 Å². The summed E-state index contributed by atoms with van der Waals surface area (Å²) < 4.78 is 0. The van der Waals surface area contributed by atoms with Crippen LogP contribution in [-0.2, 0) is 4.79 Å². The van der Waals surface area contributed by atoms with Crippen LogP contribution in [0.15, 0.2) is 12.7 Å². The highest BCUT2D eigenvalue weighted by Crippen LogP contribution is 2.16. The van der Waals surface area contributed by atoms with E-state index in [1.807, 2.05) is 6.92 Å². The van der Waals surface area contributed by atoms with Crippen LogP contribution in [0.2, 0.25) is 0 Å². The fourth-order valence-corrected chi connectivity index (χ4v) is 1.97. The van der Waals surface area contributed by atoms with Crippen molar-refractivity contribution in [1.29, 1.82) is 0 Å². The third-order valence-corrected chi connectivity index (χ3v) is 2.95. The molecule has 1 unspecified atom stereocenters. The van der Waals surface area contributed by atoms with Crippen molar-refractivity contribution >= 4 is 12.0 Å². The van der Waals surface area contributed by atoms with Crippen LogP contribution < -0.4 is 5.32 Å². The number of piperidine rings is 1. The van der Waals surface area contributed by atoms with Gasteiger partial charge in [-0.2, -0.15) is 0 Å². The molecule has 0 aromatic heterocycles. The number of carboxylic acids is 1. The van der Waals surface area contributed by atoms with E-state index in [1.54, 1.807) is 11.0 Å². The second kappa shape index (κ2) is 6.27. The molecule has 1 rings (SSSR count). The van der Waals surface area contributed by atoms with E-state index in [0.29, 0.717) is 25.9 Å². The molecule has 1 saturated heterocycles. The first kappa shape index (κ1) is 13.5. The summed E-state index contributed by atoms with van der Waals surface area (Å²) >= 11 is 0. The van der Waals surface area contributed by atoms with Crippen molar-refractivity contribution in [3.8, 4) is 0 Å². The van der Waals surface area contributed by atoms with Gasteiger partial charge in [0.05, 0.1) is 5.92 Å². The van der Waals surface area contributed by atoms with Crippen molar-refractivity contribution in [2.45, 2.75) is 32.2 Å². The average Bonchev–Trinajstić information content (AvgIpc) is 2.29. The van der Waals surface area contributed by atoms with E-state index in [1.165, 1.54) is 0 Å². The van der Waals surface area contributed by atoms with Crippen LogP contribution >= 0.6 is 0 Å². The number of carbonyl (C=O) groups is 2. The van der Waals surface area contributed by atoms with E-state index in [-0.39, 0.29) is 12.1 Å². The molecule has 1 fully saturated rings. The first-order valence-electron chi connectivity index (χ1n) is 5.93. The number of hydrogen-bond acceptors (Lipinski definition) is 2. The predicted molar refractivity (Wildman–Crippen MR) is 64.7 cm³/mol. The highest BCUT2D eigenvalue weighted by molar-refractivity contribution is 5.76. The topological polar surface area (TPSA) is 69.6 Å². The van der Waals surface area contributed by atoms with Crippen molar-refractivity contribution in [3.05, 3.63) is 12.7 Å². The Morgan fingerprint density at radius 2 is 2.35 bits per heavy atom. The van der Waals surface area contributed by atoms with E-state index < -0.39 is 11.9 Å². The molecule has 0 aliphatic carbocycles. The molecule has 0 radical (unpaired) electrons. The molecule has 17 heavy (non-hydrogen) atoms. The molecule has 1 aliphatic heterocycles. The Labute approximate surface area is 101 Å². The summed E-state index contributed by atoms with van der Waals surface area (Å²) in [5.74, 6) is -1.24. The molecule has 5 heteroatoms. The van der Waals surface area contributed by atoms with E-state index in [2.05, 4.69) is 11.9 Å². The quantitative estimate of drug-likeness (QED) is 0.731. The minimum absolute atomic E-state index is 0.0326. The Bertz CT molecular complexity index is 304. The highest BCUT2D eigenvalue weighted by atomic mass is 16.4. The Morgan fingerprint density at radius 3 is 2.94 bits per heavy atom. The number of aliphatic carboxylic acids is 1. The molecule has 2 amide bonds. The first-order valence-corrected chi connectivity index (χ1v) is 5.93. The fraction of sp³-hybridized carbons (Fsp3) is 0.667. The lowest BCUT2D eigenvalue weighted by Crippen LogP contribution is -2.49. The minimum Gasteiger partial charge on any atom is -0.481 e. The summed E-state index contributed by atoms with van der Waals surface area (Å²) in [6.45, 7) is 6.46. The third kappa shape index (κ3) is 4.09. The lowest BCUT2D eigenvalue weighted by Gasteiger charge is -2.31. The molecule has 2 atom stereocenters. The molecule has 96 valence electrons. The number of nitrogens with one attached hydrogen (secondary N) is 1. The molecular formula is C12H20N2O3. The molecular weight excluding hydrogens is 220 g/mol. The molecule has 0 aromatic carbocycles. The van der Waals surface area contributed by atoms with Crippen LogP contribution in [0.4, 0.5) is 4.79 Å². The summed E-state index contributed by atoms with van der Waals surface area (Å²) in [4.78, 5) is 24.3. The van der Waals surface area contributed by atoms with E-state index >= 15 is 0 Å². The van der Waals surface area contributed by atoms with Crippen LogP contribution in [0.3, 0.4) is 0 Å². The van der Waals surface area contributed by atoms with Gasteiger partial charge in [0.15, 0.2) is 0 Å². The largest absolute Gasteiger partial charge is 0.481 e. The van der Waals surface area contributed by atoms with Crippen molar-refractivity contribution < 1.29 is 14.7 Å². The van der Waals surface area contributed by atoms with Crippen LogP contribution in [-0.4, -0.2) is 41.1 Å². The third-order valence-electron chi connectivity index (χ3n) is 2.95. The lowest BCUT2D eigenvalue weighted by molar-refractivity contribution is -0.143. The van der Waals surface area contributed by atoms with Crippen molar-refractivity contribution in [2.24, 2.45) is 5.92 Å². The van der Waals surface area contributed by atoms with Gasteiger partial charge in [0.25, 0.3) is 0 Å². The second-order valence-electron chi connectivity index (χ2n) is 4.50. The Hall–Kier alpha value is -1.52.